The van der Waals surface area contributed by atoms with Crippen molar-refractivity contribution < 1.29 is 18.0 Å². The fourth-order valence-electron chi connectivity index (χ4n) is 3.85. The summed E-state index contributed by atoms with van der Waals surface area (Å²) in [6, 6.07) is 10.3. The molecule has 0 spiro atoms. The number of fused-ring (bicyclic) bond motifs is 1. The second-order valence-corrected chi connectivity index (χ2v) is 10.2. The maximum atomic E-state index is 12.9. The van der Waals surface area contributed by atoms with Gasteiger partial charge >= 0.3 is 0 Å². The number of rotatable bonds is 10. The van der Waals surface area contributed by atoms with Gasteiger partial charge in [-0.15, -0.1) is 0 Å². The highest BCUT2D eigenvalue weighted by molar-refractivity contribution is 7.89. The molecule has 10 heteroatoms. The molecule has 0 saturated carbocycles. The molecule has 0 bridgehead atoms. The minimum Gasteiger partial charge on any atom is -0.331 e. The number of imidazole rings is 1. The fourth-order valence-corrected chi connectivity index (χ4v) is 5.33. The molecule has 35 heavy (non-hydrogen) atoms. The van der Waals surface area contributed by atoms with Crippen LogP contribution in [0.25, 0.3) is 11.0 Å². The molecule has 2 N–H and O–H groups in total. The van der Waals surface area contributed by atoms with Crippen LogP contribution in [0.5, 0.6) is 0 Å². The lowest BCUT2D eigenvalue weighted by atomic mass is 10.1. The highest BCUT2D eigenvalue weighted by atomic mass is 32.2. The molecule has 1 heterocycles. The summed E-state index contributed by atoms with van der Waals surface area (Å²) in [5, 5.41) is 5.70. The molecule has 0 radical (unpaired) electrons. The lowest BCUT2D eigenvalue weighted by Gasteiger charge is -2.18. The number of nitrogens with zero attached hydrogens (tertiary/aromatic N) is 3. The number of aryl methyl sites for hydroxylation is 3. The van der Waals surface area contributed by atoms with Crippen molar-refractivity contribution in [3.8, 4) is 0 Å². The number of benzene rings is 2. The SMILES string of the molecule is CCC(=O)Nc1ccc(C)c(NC(=O)CCc2nc3cc(S(=O)(=O)N(CC)CC)ccc3n2C)c1. The van der Waals surface area contributed by atoms with Crippen molar-refractivity contribution in [3.63, 3.8) is 0 Å². The number of anilines is 2. The molecule has 1 aromatic heterocycles. The minimum atomic E-state index is -3.58. The summed E-state index contributed by atoms with van der Waals surface area (Å²) in [5.74, 6) is 0.415. The fraction of sp³-hybridized carbons (Fsp3) is 0.400. The number of amides is 2. The average Bonchev–Trinajstić information content (AvgIpc) is 3.15. The van der Waals surface area contributed by atoms with Gasteiger partial charge in [0.05, 0.1) is 15.9 Å². The van der Waals surface area contributed by atoms with Gasteiger partial charge in [-0.2, -0.15) is 4.31 Å². The van der Waals surface area contributed by atoms with Crippen molar-refractivity contribution in [1.82, 2.24) is 13.9 Å². The number of aromatic nitrogens is 2. The molecule has 188 valence electrons. The van der Waals surface area contributed by atoms with Crippen LogP contribution in [0.4, 0.5) is 11.4 Å². The maximum absolute atomic E-state index is 12.9. The van der Waals surface area contributed by atoms with Gasteiger partial charge in [0.1, 0.15) is 5.82 Å². The van der Waals surface area contributed by atoms with E-state index in [4.69, 9.17) is 0 Å². The van der Waals surface area contributed by atoms with E-state index in [1.54, 1.807) is 37.3 Å². The van der Waals surface area contributed by atoms with Gasteiger partial charge in [0.15, 0.2) is 0 Å². The van der Waals surface area contributed by atoms with Gasteiger partial charge in [-0.3, -0.25) is 9.59 Å². The molecule has 3 aromatic rings. The van der Waals surface area contributed by atoms with E-state index < -0.39 is 10.0 Å². The predicted octanol–water partition coefficient (Wildman–Crippen LogP) is 3.83. The number of sulfonamides is 1. The van der Waals surface area contributed by atoms with Crippen LogP contribution in [0.2, 0.25) is 0 Å². The summed E-state index contributed by atoms with van der Waals surface area (Å²) >= 11 is 0. The molecular weight excluding hydrogens is 466 g/mol. The topological polar surface area (TPSA) is 113 Å². The van der Waals surface area contributed by atoms with E-state index in [9.17, 15) is 18.0 Å². The molecule has 0 saturated heterocycles. The first kappa shape index (κ1) is 26.4. The van der Waals surface area contributed by atoms with Crippen molar-refractivity contribution in [3.05, 3.63) is 47.8 Å². The van der Waals surface area contributed by atoms with Crippen LogP contribution in [-0.4, -0.2) is 47.2 Å². The Bertz CT molecular complexity index is 1340. The zero-order chi connectivity index (χ0) is 25.8. The summed E-state index contributed by atoms with van der Waals surface area (Å²) in [7, 11) is -1.73. The van der Waals surface area contributed by atoms with Crippen LogP contribution >= 0.6 is 0 Å². The number of carbonyl (C=O) groups is 2. The van der Waals surface area contributed by atoms with Crippen LogP contribution in [0.1, 0.15) is 45.0 Å². The van der Waals surface area contributed by atoms with Gasteiger partial charge in [0.2, 0.25) is 21.8 Å². The Hall–Kier alpha value is -3.24. The lowest BCUT2D eigenvalue weighted by Crippen LogP contribution is -2.30. The zero-order valence-corrected chi connectivity index (χ0v) is 21.7. The Balaban J connectivity index is 1.74. The maximum Gasteiger partial charge on any atom is 0.243 e. The first-order valence-electron chi connectivity index (χ1n) is 11.8. The van der Waals surface area contributed by atoms with Crippen LogP contribution in [0, 0.1) is 6.92 Å². The Morgan fingerprint density at radius 1 is 1.00 bits per heavy atom. The molecule has 0 atom stereocenters. The number of nitrogens with one attached hydrogen (secondary N) is 2. The average molecular weight is 500 g/mol. The molecular formula is C25H33N5O4S. The summed E-state index contributed by atoms with van der Waals surface area (Å²) in [6.07, 6.45) is 0.962. The monoisotopic (exact) mass is 499 g/mol. The van der Waals surface area contributed by atoms with Gasteiger partial charge in [-0.05, 0) is 42.8 Å². The van der Waals surface area contributed by atoms with E-state index in [1.165, 1.54) is 4.31 Å². The van der Waals surface area contributed by atoms with E-state index in [1.807, 2.05) is 38.5 Å². The van der Waals surface area contributed by atoms with Crippen molar-refractivity contribution in [2.75, 3.05) is 23.7 Å². The van der Waals surface area contributed by atoms with Crippen LogP contribution in [0.3, 0.4) is 0 Å². The van der Waals surface area contributed by atoms with Crippen LogP contribution in [-0.2, 0) is 33.1 Å². The van der Waals surface area contributed by atoms with Crippen LogP contribution in [0.15, 0.2) is 41.3 Å². The Morgan fingerprint density at radius 2 is 1.71 bits per heavy atom. The second kappa shape index (κ2) is 11.0. The molecule has 0 fully saturated rings. The van der Waals surface area contributed by atoms with Crippen molar-refractivity contribution in [2.45, 2.75) is 51.9 Å². The third-order valence-electron chi connectivity index (χ3n) is 5.98. The van der Waals surface area contributed by atoms with E-state index in [0.717, 1.165) is 11.1 Å². The van der Waals surface area contributed by atoms with Gasteiger partial charge < -0.3 is 15.2 Å². The third kappa shape index (κ3) is 5.88. The number of carbonyl (C=O) groups excluding carboxylic acids is 2. The second-order valence-electron chi connectivity index (χ2n) is 8.31. The third-order valence-corrected chi connectivity index (χ3v) is 8.03. The van der Waals surface area contributed by atoms with Crippen LogP contribution < -0.4 is 10.6 Å². The van der Waals surface area contributed by atoms with E-state index >= 15 is 0 Å². The lowest BCUT2D eigenvalue weighted by molar-refractivity contribution is -0.116. The molecule has 0 aliphatic heterocycles. The Labute approximate surface area is 206 Å². The van der Waals surface area contributed by atoms with Gasteiger partial charge in [-0.1, -0.05) is 26.8 Å². The molecule has 0 aliphatic rings. The molecule has 0 unspecified atom stereocenters. The molecule has 2 aromatic carbocycles. The molecule has 3 rings (SSSR count). The summed E-state index contributed by atoms with van der Waals surface area (Å²) in [6.45, 7) is 8.07. The molecule has 0 aliphatic carbocycles. The van der Waals surface area contributed by atoms with Gasteiger partial charge in [0.25, 0.3) is 0 Å². The van der Waals surface area contributed by atoms with Gasteiger partial charge in [0, 0.05) is 50.8 Å². The normalized spacial score (nSPS) is 11.7. The minimum absolute atomic E-state index is 0.0963. The Kier molecular flexibility index (Phi) is 8.29. The quantitative estimate of drug-likeness (QED) is 0.440. The Morgan fingerprint density at radius 3 is 2.37 bits per heavy atom. The van der Waals surface area contributed by atoms with E-state index in [-0.39, 0.29) is 23.1 Å². The number of hydrogen-bond donors (Lipinski definition) is 2. The highest BCUT2D eigenvalue weighted by Crippen LogP contribution is 2.24. The summed E-state index contributed by atoms with van der Waals surface area (Å²) < 4.78 is 29.0. The first-order valence-corrected chi connectivity index (χ1v) is 13.2. The molecule has 2 amide bonds. The highest BCUT2D eigenvalue weighted by Gasteiger charge is 2.23. The van der Waals surface area contributed by atoms with Gasteiger partial charge in [-0.25, -0.2) is 13.4 Å². The van der Waals surface area contributed by atoms with Crippen molar-refractivity contribution in [2.24, 2.45) is 7.05 Å². The smallest absolute Gasteiger partial charge is 0.243 e. The summed E-state index contributed by atoms with van der Waals surface area (Å²) in [4.78, 5) is 29.1. The number of hydrogen-bond acceptors (Lipinski definition) is 5. The predicted molar refractivity (Wildman–Crippen MR) is 138 cm³/mol. The standard InChI is InChI=1S/C25H33N5O4S/c1-6-24(31)26-18-10-9-17(4)20(15-18)28-25(32)14-13-23-27-21-16-19(11-12-22(21)29(23)5)35(33,34)30(7-2)8-3/h9-12,15-16H,6-8,13-14H2,1-5H3,(H,26,31)(H,28,32). The van der Waals surface area contributed by atoms with E-state index in [0.29, 0.717) is 48.6 Å². The van der Waals surface area contributed by atoms with Crippen molar-refractivity contribution in [1.29, 1.82) is 0 Å². The first-order chi connectivity index (χ1) is 16.6. The van der Waals surface area contributed by atoms with E-state index in [2.05, 4.69) is 15.6 Å². The van der Waals surface area contributed by atoms with Crippen molar-refractivity contribution >= 4 is 44.2 Å². The largest absolute Gasteiger partial charge is 0.331 e. The summed E-state index contributed by atoms with van der Waals surface area (Å²) in [5.41, 5.74) is 3.53. The zero-order valence-electron chi connectivity index (χ0n) is 20.9. The molecule has 9 nitrogen and oxygen atoms in total.